The van der Waals surface area contributed by atoms with Crippen molar-refractivity contribution in [3.63, 3.8) is 0 Å². The first-order valence-electron chi connectivity index (χ1n) is 11.5. The Kier molecular flexibility index (Phi) is 7.62. The van der Waals surface area contributed by atoms with Gasteiger partial charge in [0, 0.05) is 37.3 Å². The molecule has 4 rings (SSSR count). The summed E-state index contributed by atoms with van der Waals surface area (Å²) < 4.78 is 16.7. The monoisotopic (exact) mass is 448 g/mol. The summed E-state index contributed by atoms with van der Waals surface area (Å²) in [4.78, 5) is 9.33. The average molecular weight is 449 g/mol. The minimum atomic E-state index is -0.0188. The van der Waals surface area contributed by atoms with Crippen LogP contribution in [0.2, 0.25) is 0 Å². The summed E-state index contributed by atoms with van der Waals surface area (Å²) in [7, 11) is 1.69. The Morgan fingerprint density at radius 3 is 2.52 bits per heavy atom. The molecule has 0 atom stereocenters. The van der Waals surface area contributed by atoms with Crippen molar-refractivity contribution >= 4 is 5.96 Å². The fourth-order valence-corrected chi connectivity index (χ4v) is 4.12. The number of oxazole rings is 1. The van der Waals surface area contributed by atoms with Crippen LogP contribution in [0.5, 0.6) is 5.75 Å². The third kappa shape index (κ3) is 5.73. The van der Waals surface area contributed by atoms with Crippen LogP contribution >= 0.6 is 0 Å². The summed E-state index contributed by atoms with van der Waals surface area (Å²) in [6.45, 7) is 5.55. The maximum Gasteiger partial charge on any atom is 0.226 e. The van der Waals surface area contributed by atoms with Crippen molar-refractivity contribution in [3.05, 3.63) is 72.1 Å². The first kappa shape index (κ1) is 22.9. The van der Waals surface area contributed by atoms with Crippen molar-refractivity contribution in [2.24, 2.45) is 4.99 Å². The molecule has 0 saturated carbocycles. The summed E-state index contributed by atoms with van der Waals surface area (Å²) in [6, 6.07) is 18.3. The molecule has 33 heavy (non-hydrogen) atoms. The highest BCUT2D eigenvalue weighted by Crippen LogP contribution is 2.35. The molecule has 1 fully saturated rings. The Bertz CT molecular complexity index is 1030. The minimum absolute atomic E-state index is 0.0188. The molecule has 0 bridgehead atoms. The molecule has 0 amide bonds. The molecule has 3 aromatic rings. The van der Waals surface area contributed by atoms with Crippen LogP contribution in [0.25, 0.3) is 11.5 Å². The van der Waals surface area contributed by atoms with E-state index in [4.69, 9.17) is 18.9 Å². The number of aliphatic imine (C=N–C) groups is 1. The van der Waals surface area contributed by atoms with Crippen LogP contribution < -0.4 is 15.4 Å². The van der Waals surface area contributed by atoms with Gasteiger partial charge in [-0.2, -0.15) is 0 Å². The fraction of sp³-hybridized carbons (Fsp3) is 0.385. The quantitative estimate of drug-likeness (QED) is 0.398. The van der Waals surface area contributed by atoms with E-state index in [-0.39, 0.29) is 5.41 Å². The molecule has 1 aliphatic heterocycles. The molecular weight excluding hydrogens is 416 g/mol. The van der Waals surface area contributed by atoms with Gasteiger partial charge in [-0.3, -0.25) is 0 Å². The van der Waals surface area contributed by atoms with Gasteiger partial charge >= 0.3 is 0 Å². The van der Waals surface area contributed by atoms with Crippen LogP contribution in [-0.4, -0.2) is 44.4 Å². The van der Waals surface area contributed by atoms with Crippen LogP contribution in [-0.2, 0) is 16.7 Å². The minimum Gasteiger partial charge on any atom is -0.497 e. The zero-order valence-electron chi connectivity index (χ0n) is 19.3. The number of rotatable bonds is 8. The summed E-state index contributed by atoms with van der Waals surface area (Å²) >= 11 is 0. The normalized spacial score (nSPS) is 15.8. The van der Waals surface area contributed by atoms with E-state index in [1.807, 2.05) is 42.5 Å². The lowest BCUT2D eigenvalue weighted by Crippen LogP contribution is -2.48. The topological polar surface area (TPSA) is 80.9 Å². The molecule has 1 aliphatic rings. The second kappa shape index (κ2) is 11.0. The van der Waals surface area contributed by atoms with E-state index in [0.29, 0.717) is 12.4 Å². The third-order valence-electron chi connectivity index (χ3n) is 6.06. The van der Waals surface area contributed by atoms with Gasteiger partial charge in [0.15, 0.2) is 5.96 Å². The van der Waals surface area contributed by atoms with E-state index >= 15 is 0 Å². The van der Waals surface area contributed by atoms with E-state index in [2.05, 4.69) is 34.7 Å². The van der Waals surface area contributed by atoms with Crippen LogP contribution in [0, 0.1) is 0 Å². The van der Waals surface area contributed by atoms with Gasteiger partial charge < -0.3 is 24.5 Å². The van der Waals surface area contributed by atoms with Crippen molar-refractivity contribution in [3.8, 4) is 17.2 Å². The smallest absolute Gasteiger partial charge is 0.226 e. The van der Waals surface area contributed by atoms with Crippen molar-refractivity contribution in [2.45, 2.75) is 31.7 Å². The second-order valence-electron chi connectivity index (χ2n) is 8.18. The number of methoxy groups -OCH3 is 1. The number of nitrogens with zero attached hydrogens (tertiary/aromatic N) is 2. The molecule has 2 N–H and O–H groups in total. The highest BCUT2D eigenvalue weighted by atomic mass is 16.5. The number of hydrogen-bond donors (Lipinski definition) is 2. The largest absolute Gasteiger partial charge is 0.497 e. The zero-order valence-corrected chi connectivity index (χ0v) is 19.3. The van der Waals surface area contributed by atoms with Crippen molar-refractivity contribution in [2.75, 3.05) is 33.4 Å². The molecule has 0 spiro atoms. The first-order chi connectivity index (χ1) is 16.2. The van der Waals surface area contributed by atoms with Gasteiger partial charge in [-0.1, -0.05) is 30.3 Å². The summed E-state index contributed by atoms with van der Waals surface area (Å²) in [5, 5.41) is 6.91. The molecule has 0 radical (unpaired) electrons. The zero-order chi connectivity index (χ0) is 22.9. The molecule has 7 heteroatoms. The van der Waals surface area contributed by atoms with E-state index in [9.17, 15) is 0 Å². The summed E-state index contributed by atoms with van der Waals surface area (Å²) in [5.41, 5.74) is 3.02. The number of aromatic nitrogens is 1. The van der Waals surface area contributed by atoms with Crippen LogP contribution in [0.3, 0.4) is 0 Å². The van der Waals surface area contributed by atoms with E-state index in [1.165, 1.54) is 5.56 Å². The predicted molar refractivity (Wildman–Crippen MR) is 129 cm³/mol. The van der Waals surface area contributed by atoms with Gasteiger partial charge in [0.1, 0.15) is 17.7 Å². The van der Waals surface area contributed by atoms with E-state index in [0.717, 1.165) is 62.1 Å². The highest BCUT2D eigenvalue weighted by Gasteiger charge is 2.34. The highest BCUT2D eigenvalue weighted by molar-refractivity contribution is 5.79. The summed E-state index contributed by atoms with van der Waals surface area (Å²) in [5.74, 6) is 2.24. The second-order valence-corrected chi connectivity index (χ2v) is 8.18. The molecule has 2 heterocycles. The van der Waals surface area contributed by atoms with Crippen LogP contribution in [0.1, 0.15) is 31.0 Å². The Morgan fingerprint density at radius 2 is 1.82 bits per heavy atom. The molecular formula is C26H32N4O3. The number of nitrogens with one attached hydrogen (secondary N) is 2. The summed E-state index contributed by atoms with van der Waals surface area (Å²) in [6.07, 6.45) is 3.58. The van der Waals surface area contributed by atoms with Gasteiger partial charge in [0.05, 0.1) is 13.7 Å². The molecule has 1 saturated heterocycles. The Balaban J connectivity index is 1.46. The predicted octanol–water partition coefficient (Wildman–Crippen LogP) is 4.15. The Labute approximate surface area is 195 Å². The maximum absolute atomic E-state index is 5.67. The van der Waals surface area contributed by atoms with Gasteiger partial charge in [0.25, 0.3) is 0 Å². The van der Waals surface area contributed by atoms with Crippen LogP contribution in [0.15, 0.2) is 70.3 Å². The van der Waals surface area contributed by atoms with Gasteiger partial charge in [-0.05, 0) is 49.6 Å². The SMILES string of the molecule is CCNC(=NCc1coc(-c2ccccc2)n1)NCC1(c2ccc(OC)cc2)CCOCC1. The standard InChI is InChI=1S/C26H32N4O3/c1-3-27-25(28-17-22-18-33-24(30-22)20-7-5-4-6-8-20)29-19-26(13-15-32-16-14-26)21-9-11-23(31-2)12-10-21/h4-12,18H,3,13-17,19H2,1-2H3,(H2,27,28,29). The molecule has 7 nitrogen and oxygen atoms in total. The van der Waals surface area contributed by atoms with Crippen molar-refractivity contribution in [1.29, 1.82) is 0 Å². The molecule has 0 unspecified atom stereocenters. The van der Waals surface area contributed by atoms with Crippen molar-refractivity contribution in [1.82, 2.24) is 15.6 Å². The number of ether oxygens (including phenoxy) is 2. The van der Waals surface area contributed by atoms with Crippen molar-refractivity contribution < 1.29 is 13.9 Å². The van der Waals surface area contributed by atoms with Gasteiger partial charge in [0.2, 0.25) is 5.89 Å². The molecule has 2 aromatic carbocycles. The maximum atomic E-state index is 5.67. The lowest BCUT2D eigenvalue weighted by Gasteiger charge is -2.38. The number of benzene rings is 2. The number of hydrogen-bond acceptors (Lipinski definition) is 5. The lowest BCUT2D eigenvalue weighted by atomic mass is 9.74. The van der Waals surface area contributed by atoms with E-state index in [1.54, 1.807) is 13.4 Å². The lowest BCUT2D eigenvalue weighted by molar-refractivity contribution is 0.0513. The Hall–Kier alpha value is -3.32. The van der Waals surface area contributed by atoms with Gasteiger partial charge in [-0.15, -0.1) is 0 Å². The molecule has 0 aliphatic carbocycles. The van der Waals surface area contributed by atoms with Crippen LogP contribution in [0.4, 0.5) is 0 Å². The number of guanidine groups is 1. The first-order valence-corrected chi connectivity index (χ1v) is 11.5. The van der Waals surface area contributed by atoms with E-state index < -0.39 is 0 Å². The van der Waals surface area contributed by atoms with Gasteiger partial charge in [-0.25, -0.2) is 9.98 Å². The molecule has 174 valence electrons. The average Bonchev–Trinajstić information content (AvgIpc) is 3.36. The Morgan fingerprint density at radius 1 is 1.06 bits per heavy atom. The molecule has 1 aromatic heterocycles. The third-order valence-corrected chi connectivity index (χ3v) is 6.06. The fourth-order valence-electron chi connectivity index (χ4n) is 4.12.